The summed E-state index contributed by atoms with van der Waals surface area (Å²) >= 11 is 1.19. The van der Waals surface area contributed by atoms with Crippen LogP contribution in [-0.4, -0.2) is 11.0 Å². The Morgan fingerprint density at radius 1 is 1.40 bits per heavy atom. The van der Waals surface area contributed by atoms with E-state index in [9.17, 15) is 4.79 Å². The first-order valence-electron chi connectivity index (χ1n) is 4.56. The second kappa shape index (κ2) is 6.14. The number of amides is 1. The lowest BCUT2D eigenvalue weighted by atomic mass is 10.3. The Balaban J connectivity index is 2.26. The SMILES string of the molecule is C=C(C)CSC(=O)NNc1ccccc1. The number of thioether (sulfide) groups is 1. The lowest BCUT2D eigenvalue weighted by molar-refractivity contribution is 0.262. The minimum Gasteiger partial charge on any atom is -0.298 e. The lowest BCUT2D eigenvalue weighted by Crippen LogP contribution is -2.25. The van der Waals surface area contributed by atoms with E-state index in [1.54, 1.807) is 0 Å². The zero-order chi connectivity index (χ0) is 11.1. The van der Waals surface area contributed by atoms with Crippen molar-refractivity contribution in [1.29, 1.82) is 0 Å². The molecule has 1 amide bonds. The van der Waals surface area contributed by atoms with Crippen molar-refractivity contribution in [2.45, 2.75) is 6.92 Å². The van der Waals surface area contributed by atoms with Gasteiger partial charge in [0.1, 0.15) is 0 Å². The highest BCUT2D eigenvalue weighted by atomic mass is 32.2. The van der Waals surface area contributed by atoms with Gasteiger partial charge in [-0.05, 0) is 19.1 Å². The fourth-order valence-electron chi connectivity index (χ4n) is 0.870. The molecule has 0 aliphatic carbocycles. The van der Waals surface area contributed by atoms with E-state index in [1.807, 2.05) is 37.3 Å². The molecule has 0 aromatic heterocycles. The number of hydrogen-bond acceptors (Lipinski definition) is 3. The van der Waals surface area contributed by atoms with E-state index in [4.69, 9.17) is 0 Å². The Labute approximate surface area is 93.9 Å². The van der Waals surface area contributed by atoms with Gasteiger partial charge in [0.25, 0.3) is 5.24 Å². The highest BCUT2D eigenvalue weighted by Gasteiger charge is 2.00. The third kappa shape index (κ3) is 5.12. The van der Waals surface area contributed by atoms with E-state index in [0.29, 0.717) is 5.75 Å². The molecule has 80 valence electrons. The lowest BCUT2D eigenvalue weighted by Gasteiger charge is -2.07. The van der Waals surface area contributed by atoms with Gasteiger partial charge in [0.05, 0.1) is 5.69 Å². The quantitative estimate of drug-likeness (QED) is 0.607. The van der Waals surface area contributed by atoms with Crippen LogP contribution in [0, 0.1) is 0 Å². The van der Waals surface area contributed by atoms with Crippen LogP contribution in [0.5, 0.6) is 0 Å². The van der Waals surface area contributed by atoms with E-state index in [2.05, 4.69) is 17.4 Å². The van der Waals surface area contributed by atoms with Crippen LogP contribution in [0.4, 0.5) is 10.5 Å². The van der Waals surface area contributed by atoms with Gasteiger partial charge in [0.2, 0.25) is 0 Å². The monoisotopic (exact) mass is 222 g/mol. The molecule has 4 heteroatoms. The van der Waals surface area contributed by atoms with Crippen LogP contribution in [-0.2, 0) is 0 Å². The minimum absolute atomic E-state index is 0.109. The molecule has 0 fully saturated rings. The summed E-state index contributed by atoms with van der Waals surface area (Å²) in [5.74, 6) is 0.641. The highest BCUT2D eigenvalue weighted by molar-refractivity contribution is 8.13. The van der Waals surface area contributed by atoms with Gasteiger partial charge in [0.15, 0.2) is 0 Å². The summed E-state index contributed by atoms with van der Waals surface area (Å²) < 4.78 is 0. The third-order valence-electron chi connectivity index (χ3n) is 1.53. The number of para-hydroxylation sites is 1. The molecule has 0 radical (unpaired) electrons. The van der Waals surface area contributed by atoms with Gasteiger partial charge in [-0.25, -0.2) is 0 Å². The molecular weight excluding hydrogens is 208 g/mol. The molecule has 0 bridgehead atoms. The fourth-order valence-corrected chi connectivity index (χ4v) is 1.37. The first-order chi connectivity index (χ1) is 7.18. The fraction of sp³-hybridized carbons (Fsp3) is 0.182. The zero-order valence-corrected chi connectivity index (χ0v) is 9.43. The second-order valence-electron chi connectivity index (χ2n) is 3.15. The summed E-state index contributed by atoms with van der Waals surface area (Å²) in [7, 11) is 0. The van der Waals surface area contributed by atoms with Crippen molar-refractivity contribution in [3.05, 3.63) is 42.5 Å². The molecule has 1 aromatic rings. The van der Waals surface area contributed by atoms with Crippen molar-refractivity contribution in [2.75, 3.05) is 11.2 Å². The van der Waals surface area contributed by atoms with Crippen LogP contribution in [0.3, 0.4) is 0 Å². The van der Waals surface area contributed by atoms with Crippen LogP contribution in [0.25, 0.3) is 0 Å². The standard InChI is InChI=1S/C11H14N2OS/c1-9(2)8-15-11(14)13-12-10-6-4-3-5-7-10/h3-7,12H,1,8H2,2H3,(H,13,14). The van der Waals surface area contributed by atoms with Crippen LogP contribution in [0.1, 0.15) is 6.92 Å². The topological polar surface area (TPSA) is 41.1 Å². The zero-order valence-electron chi connectivity index (χ0n) is 8.62. The van der Waals surface area contributed by atoms with E-state index < -0.39 is 0 Å². The molecule has 15 heavy (non-hydrogen) atoms. The molecule has 1 rings (SSSR count). The van der Waals surface area contributed by atoms with Crippen LogP contribution in [0.15, 0.2) is 42.5 Å². The molecular formula is C11H14N2OS. The highest BCUT2D eigenvalue weighted by Crippen LogP contribution is 2.07. The number of benzene rings is 1. The molecule has 0 heterocycles. The summed E-state index contributed by atoms with van der Waals surface area (Å²) in [5, 5.41) is -0.109. The predicted octanol–water partition coefficient (Wildman–Crippen LogP) is 3.03. The molecule has 0 aliphatic heterocycles. The maximum absolute atomic E-state index is 11.3. The maximum atomic E-state index is 11.3. The summed E-state index contributed by atoms with van der Waals surface area (Å²) in [4.78, 5) is 11.3. The number of anilines is 1. The molecule has 0 aliphatic rings. The molecule has 0 spiro atoms. The summed E-state index contributed by atoms with van der Waals surface area (Å²) in [5.41, 5.74) is 7.25. The van der Waals surface area contributed by atoms with Gasteiger partial charge >= 0.3 is 0 Å². The van der Waals surface area contributed by atoms with E-state index in [1.165, 1.54) is 11.8 Å². The Bertz CT molecular complexity index is 338. The molecule has 0 saturated heterocycles. The molecule has 1 aromatic carbocycles. The first-order valence-corrected chi connectivity index (χ1v) is 5.55. The maximum Gasteiger partial charge on any atom is 0.297 e. The smallest absolute Gasteiger partial charge is 0.297 e. The molecule has 0 unspecified atom stereocenters. The largest absolute Gasteiger partial charge is 0.298 e. The Hall–Kier alpha value is -1.42. The molecule has 0 saturated carbocycles. The normalized spacial score (nSPS) is 9.40. The number of hydrazine groups is 1. The van der Waals surface area contributed by atoms with Crippen molar-refractivity contribution < 1.29 is 4.79 Å². The number of carbonyl (C=O) groups is 1. The summed E-state index contributed by atoms with van der Waals surface area (Å²) in [6.45, 7) is 5.62. The number of nitrogens with one attached hydrogen (secondary N) is 2. The van der Waals surface area contributed by atoms with Crippen LogP contribution >= 0.6 is 11.8 Å². The Morgan fingerprint density at radius 3 is 2.67 bits per heavy atom. The van der Waals surface area contributed by atoms with Crippen molar-refractivity contribution in [2.24, 2.45) is 0 Å². The van der Waals surface area contributed by atoms with Gasteiger partial charge < -0.3 is 0 Å². The van der Waals surface area contributed by atoms with Crippen LogP contribution in [0.2, 0.25) is 0 Å². The summed E-state index contributed by atoms with van der Waals surface area (Å²) in [6.07, 6.45) is 0. The van der Waals surface area contributed by atoms with Gasteiger partial charge in [-0.15, -0.1) is 0 Å². The molecule has 2 N–H and O–H groups in total. The predicted molar refractivity (Wildman–Crippen MR) is 65.9 cm³/mol. The summed E-state index contributed by atoms with van der Waals surface area (Å²) in [6, 6.07) is 9.47. The van der Waals surface area contributed by atoms with Crippen molar-refractivity contribution in [3.8, 4) is 0 Å². The number of rotatable bonds is 4. The van der Waals surface area contributed by atoms with Crippen LogP contribution < -0.4 is 10.9 Å². The number of carbonyl (C=O) groups excluding carboxylic acids is 1. The van der Waals surface area contributed by atoms with Gasteiger partial charge in [0, 0.05) is 5.75 Å². The Kier molecular flexibility index (Phi) is 4.77. The van der Waals surface area contributed by atoms with Gasteiger partial charge in [-0.3, -0.25) is 15.6 Å². The van der Waals surface area contributed by atoms with Gasteiger partial charge in [-0.2, -0.15) is 0 Å². The van der Waals surface area contributed by atoms with Crippen molar-refractivity contribution >= 4 is 22.7 Å². The van der Waals surface area contributed by atoms with E-state index in [-0.39, 0.29) is 5.24 Å². The van der Waals surface area contributed by atoms with Crippen molar-refractivity contribution in [3.63, 3.8) is 0 Å². The third-order valence-corrected chi connectivity index (χ3v) is 2.53. The van der Waals surface area contributed by atoms with Gasteiger partial charge in [-0.1, -0.05) is 42.1 Å². The average molecular weight is 222 g/mol. The van der Waals surface area contributed by atoms with Crippen molar-refractivity contribution in [1.82, 2.24) is 5.43 Å². The Morgan fingerprint density at radius 2 is 2.07 bits per heavy atom. The second-order valence-corrected chi connectivity index (χ2v) is 4.10. The molecule has 0 atom stereocenters. The average Bonchev–Trinajstić information content (AvgIpc) is 2.25. The first kappa shape index (κ1) is 11.7. The van der Waals surface area contributed by atoms with E-state index >= 15 is 0 Å². The number of hydrogen-bond donors (Lipinski definition) is 2. The van der Waals surface area contributed by atoms with E-state index in [0.717, 1.165) is 11.3 Å². The molecule has 3 nitrogen and oxygen atoms in total. The minimum atomic E-state index is -0.109.